The van der Waals surface area contributed by atoms with Gasteiger partial charge in [-0.15, -0.1) is 0 Å². The van der Waals surface area contributed by atoms with Gasteiger partial charge in [0.15, 0.2) is 0 Å². The van der Waals surface area contributed by atoms with Crippen molar-refractivity contribution in [2.45, 2.75) is 31.9 Å². The van der Waals surface area contributed by atoms with Crippen molar-refractivity contribution in [3.8, 4) is 0 Å². The molecular formula is C13H15ClN2O4S. The monoisotopic (exact) mass is 330 g/mol. The highest BCUT2D eigenvalue weighted by molar-refractivity contribution is 7.89. The van der Waals surface area contributed by atoms with Crippen molar-refractivity contribution in [3.05, 3.63) is 46.1 Å². The maximum atomic E-state index is 12.2. The highest BCUT2D eigenvalue weighted by atomic mass is 35.5. The van der Waals surface area contributed by atoms with Crippen molar-refractivity contribution in [1.82, 2.24) is 9.71 Å². The van der Waals surface area contributed by atoms with Gasteiger partial charge in [0.1, 0.15) is 10.7 Å². The minimum atomic E-state index is -3.82. The number of sulfonamides is 1. The molecule has 0 saturated carbocycles. The SMILES string of the molecule is Cc1nc(CNS(=O)(=O)c2cc(CO)ccc2Cl)oc1C. The number of aliphatic hydroxyl groups is 1. The number of nitrogens with zero attached hydrogens (tertiary/aromatic N) is 1. The summed E-state index contributed by atoms with van der Waals surface area (Å²) in [5.74, 6) is 0.924. The molecule has 21 heavy (non-hydrogen) atoms. The Labute approximate surface area is 127 Å². The Kier molecular flexibility index (Phi) is 4.67. The Morgan fingerprint density at radius 1 is 1.38 bits per heavy atom. The van der Waals surface area contributed by atoms with Crippen LogP contribution >= 0.6 is 11.6 Å². The van der Waals surface area contributed by atoms with Gasteiger partial charge in [-0.1, -0.05) is 17.7 Å². The number of benzene rings is 1. The maximum absolute atomic E-state index is 12.2. The first-order valence-electron chi connectivity index (χ1n) is 6.15. The molecule has 0 atom stereocenters. The van der Waals surface area contributed by atoms with E-state index in [9.17, 15) is 8.42 Å². The zero-order chi connectivity index (χ0) is 15.6. The van der Waals surface area contributed by atoms with Crippen LogP contribution in [0.25, 0.3) is 0 Å². The summed E-state index contributed by atoms with van der Waals surface area (Å²) in [6.45, 7) is 3.19. The fraction of sp³-hybridized carbons (Fsp3) is 0.308. The number of aromatic nitrogens is 1. The van der Waals surface area contributed by atoms with Crippen LogP contribution < -0.4 is 4.72 Å². The second-order valence-electron chi connectivity index (χ2n) is 4.50. The molecule has 0 aliphatic rings. The second kappa shape index (κ2) is 6.15. The standard InChI is InChI=1S/C13H15ClN2O4S/c1-8-9(2)20-13(16-8)6-15-21(18,19)12-5-10(7-17)3-4-11(12)14/h3-5,15,17H,6-7H2,1-2H3. The molecule has 0 radical (unpaired) electrons. The largest absolute Gasteiger partial charge is 0.444 e. The molecule has 1 aromatic carbocycles. The van der Waals surface area contributed by atoms with Crippen molar-refractivity contribution in [1.29, 1.82) is 0 Å². The Bertz CT molecular complexity index is 736. The van der Waals surface area contributed by atoms with Crippen LogP contribution in [0.5, 0.6) is 0 Å². The van der Waals surface area contributed by atoms with Crippen molar-refractivity contribution in [2.24, 2.45) is 0 Å². The van der Waals surface area contributed by atoms with Crippen LogP contribution in [-0.2, 0) is 23.2 Å². The molecule has 8 heteroatoms. The molecule has 1 heterocycles. The zero-order valence-corrected chi connectivity index (χ0v) is 13.1. The Morgan fingerprint density at radius 2 is 2.10 bits per heavy atom. The van der Waals surface area contributed by atoms with E-state index < -0.39 is 10.0 Å². The number of aliphatic hydroxyl groups excluding tert-OH is 1. The lowest BCUT2D eigenvalue weighted by Crippen LogP contribution is -2.24. The summed E-state index contributed by atoms with van der Waals surface area (Å²) in [5, 5.41) is 9.16. The Hall–Kier alpha value is -1.41. The fourth-order valence-electron chi connectivity index (χ4n) is 1.70. The van der Waals surface area contributed by atoms with Crippen LogP contribution in [-0.4, -0.2) is 18.5 Å². The van der Waals surface area contributed by atoms with E-state index in [1.54, 1.807) is 19.9 Å². The number of halogens is 1. The highest BCUT2D eigenvalue weighted by Gasteiger charge is 2.19. The highest BCUT2D eigenvalue weighted by Crippen LogP contribution is 2.23. The van der Waals surface area contributed by atoms with Crippen molar-refractivity contribution < 1.29 is 17.9 Å². The first-order valence-corrected chi connectivity index (χ1v) is 8.01. The molecule has 0 saturated heterocycles. The summed E-state index contributed by atoms with van der Waals surface area (Å²) < 4.78 is 32.2. The molecule has 0 fully saturated rings. The van der Waals surface area contributed by atoms with E-state index in [0.29, 0.717) is 17.0 Å². The molecule has 114 valence electrons. The van der Waals surface area contributed by atoms with Crippen molar-refractivity contribution >= 4 is 21.6 Å². The third-order valence-corrected chi connectivity index (χ3v) is 4.84. The van der Waals surface area contributed by atoms with Crippen LogP contribution in [0.15, 0.2) is 27.5 Å². The molecule has 0 spiro atoms. The summed E-state index contributed by atoms with van der Waals surface area (Å²) in [6, 6.07) is 4.32. The zero-order valence-electron chi connectivity index (χ0n) is 11.6. The van der Waals surface area contributed by atoms with Gasteiger partial charge in [0, 0.05) is 0 Å². The van der Waals surface area contributed by atoms with Crippen LogP contribution in [0.2, 0.25) is 5.02 Å². The molecular weight excluding hydrogens is 316 g/mol. The summed E-state index contributed by atoms with van der Waals surface area (Å²) >= 11 is 5.91. The number of nitrogens with one attached hydrogen (secondary N) is 1. The molecule has 0 aliphatic carbocycles. The number of oxazole rings is 1. The average molecular weight is 331 g/mol. The van der Waals surface area contributed by atoms with Gasteiger partial charge in [-0.05, 0) is 31.5 Å². The van der Waals surface area contributed by atoms with E-state index in [-0.39, 0.29) is 29.0 Å². The van der Waals surface area contributed by atoms with E-state index >= 15 is 0 Å². The van der Waals surface area contributed by atoms with Gasteiger partial charge in [-0.3, -0.25) is 0 Å². The quantitative estimate of drug-likeness (QED) is 0.873. The molecule has 6 nitrogen and oxygen atoms in total. The van der Waals surface area contributed by atoms with Gasteiger partial charge in [-0.25, -0.2) is 18.1 Å². The van der Waals surface area contributed by atoms with Crippen LogP contribution in [0.4, 0.5) is 0 Å². The van der Waals surface area contributed by atoms with E-state index in [1.807, 2.05) is 0 Å². The predicted molar refractivity (Wildman–Crippen MR) is 77.4 cm³/mol. The molecule has 0 aliphatic heterocycles. The van der Waals surface area contributed by atoms with Gasteiger partial charge in [-0.2, -0.15) is 0 Å². The number of aryl methyl sites for hydroxylation is 2. The van der Waals surface area contributed by atoms with Gasteiger partial charge < -0.3 is 9.52 Å². The topological polar surface area (TPSA) is 92.4 Å². The van der Waals surface area contributed by atoms with Crippen LogP contribution in [0, 0.1) is 13.8 Å². The summed E-state index contributed by atoms with van der Waals surface area (Å²) in [6.07, 6.45) is 0. The molecule has 2 aromatic rings. The van der Waals surface area contributed by atoms with Crippen molar-refractivity contribution in [3.63, 3.8) is 0 Å². The summed E-state index contributed by atoms with van der Waals surface area (Å²) in [7, 11) is -3.82. The molecule has 0 bridgehead atoms. The molecule has 0 amide bonds. The molecule has 2 N–H and O–H groups in total. The van der Waals surface area contributed by atoms with Crippen LogP contribution in [0.1, 0.15) is 22.9 Å². The summed E-state index contributed by atoms with van der Waals surface area (Å²) in [4.78, 5) is 4.01. The maximum Gasteiger partial charge on any atom is 0.242 e. The minimum Gasteiger partial charge on any atom is -0.444 e. The van der Waals surface area contributed by atoms with Crippen molar-refractivity contribution in [2.75, 3.05) is 0 Å². The van der Waals surface area contributed by atoms with Crippen LogP contribution in [0.3, 0.4) is 0 Å². The lowest BCUT2D eigenvalue weighted by molar-refractivity contribution is 0.281. The average Bonchev–Trinajstić information content (AvgIpc) is 2.76. The third-order valence-electron chi connectivity index (χ3n) is 2.95. The normalized spacial score (nSPS) is 11.8. The van der Waals surface area contributed by atoms with Gasteiger partial charge >= 0.3 is 0 Å². The molecule has 2 rings (SSSR count). The van der Waals surface area contributed by atoms with Gasteiger partial charge in [0.25, 0.3) is 0 Å². The number of hydrogen-bond acceptors (Lipinski definition) is 5. The first-order chi connectivity index (χ1) is 9.83. The van der Waals surface area contributed by atoms with Gasteiger partial charge in [0.2, 0.25) is 15.9 Å². The second-order valence-corrected chi connectivity index (χ2v) is 6.64. The Morgan fingerprint density at radius 3 is 2.67 bits per heavy atom. The Balaban J connectivity index is 2.22. The number of hydrogen-bond donors (Lipinski definition) is 2. The predicted octanol–water partition coefficient (Wildman–Crippen LogP) is 1.92. The first kappa shape index (κ1) is 16.0. The lowest BCUT2D eigenvalue weighted by Gasteiger charge is -2.08. The lowest BCUT2D eigenvalue weighted by atomic mass is 10.2. The van der Waals surface area contributed by atoms with E-state index in [4.69, 9.17) is 21.1 Å². The smallest absolute Gasteiger partial charge is 0.242 e. The van der Waals surface area contributed by atoms with E-state index in [2.05, 4.69) is 9.71 Å². The summed E-state index contributed by atoms with van der Waals surface area (Å²) in [5.41, 5.74) is 1.17. The fourth-order valence-corrected chi connectivity index (χ4v) is 3.22. The van der Waals surface area contributed by atoms with E-state index in [0.717, 1.165) is 0 Å². The van der Waals surface area contributed by atoms with Gasteiger partial charge in [0.05, 0.1) is 23.9 Å². The number of rotatable bonds is 5. The van der Waals surface area contributed by atoms with E-state index in [1.165, 1.54) is 12.1 Å². The molecule has 1 aromatic heterocycles. The molecule has 0 unspecified atom stereocenters. The third kappa shape index (κ3) is 3.62. The minimum absolute atomic E-state index is 0.0727.